The molecular weight excluding hydrogens is 431 g/mol. The van der Waals surface area contributed by atoms with E-state index in [1.54, 1.807) is 28.9 Å². The molecular formula is C19H21FN4O6S. The van der Waals surface area contributed by atoms with Crippen molar-refractivity contribution in [3.8, 4) is 17.4 Å². The van der Waals surface area contributed by atoms with Crippen molar-refractivity contribution >= 4 is 26.8 Å². The molecule has 0 fully saturated rings. The number of rotatable bonds is 5. The van der Waals surface area contributed by atoms with Crippen molar-refractivity contribution in [3.63, 3.8) is 0 Å². The van der Waals surface area contributed by atoms with Crippen LogP contribution >= 0.6 is 0 Å². The normalized spacial score (nSPS) is 11.4. The number of H-pyrrole nitrogens is 1. The number of halogens is 1. The highest BCUT2D eigenvalue weighted by Gasteiger charge is 2.18. The molecule has 31 heavy (non-hydrogen) atoms. The van der Waals surface area contributed by atoms with Gasteiger partial charge in [-0.05, 0) is 38.5 Å². The molecule has 1 aromatic carbocycles. The number of aryl methyl sites for hydroxylation is 2. The van der Waals surface area contributed by atoms with Crippen LogP contribution in [0.2, 0.25) is 0 Å². The van der Waals surface area contributed by atoms with Crippen LogP contribution in [-0.4, -0.2) is 43.7 Å². The Morgan fingerprint density at radius 2 is 1.94 bits per heavy atom. The first-order valence-electron chi connectivity index (χ1n) is 9.19. The fraction of sp³-hybridized carbons (Fsp3) is 0.263. The highest BCUT2D eigenvalue weighted by molar-refractivity contribution is 7.79. The minimum Gasteiger partial charge on any atom is -0.492 e. The number of nitrogens with zero attached hydrogens (tertiary/aromatic N) is 3. The Balaban J connectivity index is 0.000000491. The number of hydrogen-bond acceptors (Lipinski definition) is 6. The zero-order chi connectivity index (χ0) is 22.8. The largest absolute Gasteiger partial charge is 0.492 e. The molecule has 0 bridgehead atoms. The van der Waals surface area contributed by atoms with Gasteiger partial charge in [0, 0.05) is 22.2 Å². The average molecular weight is 452 g/mol. The van der Waals surface area contributed by atoms with Crippen molar-refractivity contribution in [2.75, 3.05) is 6.61 Å². The van der Waals surface area contributed by atoms with E-state index in [1.165, 1.54) is 6.33 Å². The zero-order valence-corrected chi connectivity index (χ0v) is 17.8. The molecule has 4 aromatic rings. The van der Waals surface area contributed by atoms with Crippen molar-refractivity contribution in [3.05, 3.63) is 47.8 Å². The summed E-state index contributed by atoms with van der Waals surface area (Å²) < 4.78 is 59.6. The van der Waals surface area contributed by atoms with E-state index in [4.69, 9.17) is 27.0 Å². The third-order valence-corrected chi connectivity index (χ3v) is 4.25. The number of aromatic amines is 1. The molecule has 166 valence electrons. The molecule has 0 atom stereocenters. The van der Waals surface area contributed by atoms with E-state index in [0.717, 1.165) is 28.9 Å². The van der Waals surface area contributed by atoms with Crippen LogP contribution in [0.25, 0.3) is 16.4 Å². The van der Waals surface area contributed by atoms with E-state index in [2.05, 4.69) is 15.1 Å². The lowest BCUT2D eigenvalue weighted by Gasteiger charge is -2.08. The van der Waals surface area contributed by atoms with E-state index >= 15 is 0 Å². The summed E-state index contributed by atoms with van der Waals surface area (Å²) >= 11 is 0. The zero-order valence-electron chi connectivity index (χ0n) is 17.0. The van der Waals surface area contributed by atoms with Gasteiger partial charge in [0.15, 0.2) is 11.6 Å². The summed E-state index contributed by atoms with van der Waals surface area (Å²) in [6.45, 7) is 6.45. The standard InChI is InChI=1S/C19H19FN4O2.H2O4S/c1-4-7-25-16-9-24-18(12(16)3)19(21-10-22-24)26-15-6-5-14-13(17(15)20)8-11(2)23-14;1-5(2,3)4/h5-6,8-10,23H,4,7H2,1-3H3;(H2,1,2,3,4). The third kappa shape index (κ3) is 5.29. The van der Waals surface area contributed by atoms with Gasteiger partial charge in [-0.3, -0.25) is 9.11 Å². The number of nitrogens with one attached hydrogen (secondary N) is 1. The van der Waals surface area contributed by atoms with Gasteiger partial charge in [0.1, 0.15) is 17.6 Å². The molecule has 0 aliphatic rings. The van der Waals surface area contributed by atoms with Crippen LogP contribution in [0.4, 0.5) is 4.39 Å². The van der Waals surface area contributed by atoms with Gasteiger partial charge in [0.25, 0.3) is 0 Å². The lowest BCUT2D eigenvalue weighted by atomic mass is 10.2. The molecule has 3 aromatic heterocycles. The van der Waals surface area contributed by atoms with Crippen LogP contribution in [0, 0.1) is 19.7 Å². The van der Waals surface area contributed by atoms with Crippen LogP contribution < -0.4 is 9.47 Å². The summed E-state index contributed by atoms with van der Waals surface area (Å²) in [5, 5.41) is 4.69. The van der Waals surface area contributed by atoms with E-state index in [9.17, 15) is 4.39 Å². The Labute approximate surface area is 177 Å². The number of aromatic nitrogens is 4. The van der Waals surface area contributed by atoms with E-state index in [0.29, 0.717) is 17.5 Å². The molecule has 0 amide bonds. The summed E-state index contributed by atoms with van der Waals surface area (Å²) in [5.41, 5.74) is 3.13. The van der Waals surface area contributed by atoms with Gasteiger partial charge in [-0.2, -0.15) is 18.5 Å². The van der Waals surface area contributed by atoms with Crippen molar-refractivity contribution < 1.29 is 31.4 Å². The molecule has 10 nitrogen and oxygen atoms in total. The Hall–Kier alpha value is -3.22. The number of hydrogen-bond donors (Lipinski definition) is 3. The lowest BCUT2D eigenvalue weighted by Crippen LogP contribution is -1.98. The second-order valence-corrected chi connectivity index (χ2v) is 7.56. The quantitative estimate of drug-likeness (QED) is 0.388. The number of fused-ring (bicyclic) bond motifs is 2. The topological polar surface area (TPSA) is 139 Å². The molecule has 4 rings (SSSR count). The summed E-state index contributed by atoms with van der Waals surface area (Å²) in [6, 6.07) is 5.14. The van der Waals surface area contributed by atoms with Gasteiger partial charge in [-0.15, -0.1) is 0 Å². The maximum absolute atomic E-state index is 14.8. The second kappa shape index (κ2) is 8.88. The minimum absolute atomic E-state index is 0.119. The number of ether oxygens (including phenoxy) is 2. The van der Waals surface area contributed by atoms with Gasteiger partial charge >= 0.3 is 10.4 Å². The molecule has 0 saturated carbocycles. The van der Waals surface area contributed by atoms with Gasteiger partial charge in [0.2, 0.25) is 5.88 Å². The Morgan fingerprint density at radius 3 is 2.61 bits per heavy atom. The molecule has 0 spiro atoms. The van der Waals surface area contributed by atoms with E-state index in [-0.39, 0.29) is 11.6 Å². The molecule has 0 aliphatic carbocycles. The van der Waals surface area contributed by atoms with Crippen LogP contribution in [0.15, 0.2) is 30.7 Å². The monoisotopic (exact) mass is 452 g/mol. The van der Waals surface area contributed by atoms with E-state index in [1.807, 2.05) is 20.8 Å². The molecule has 0 radical (unpaired) electrons. The summed E-state index contributed by atoms with van der Waals surface area (Å²) in [6.07, 6.45) is 4.06. The predicted molar refractivity (Wildman–Crippen MR) is 111 cm³/mol. The fourth-order valence-corrected chi connectivity index (χ4v) is 3.01. The molecule has 3 N–H and O–H groups in total. The summed E-state index contributed by atoms with van der Waals surface area (Å²) in [5.74, 6) is 0.702. The SMILES string of the molecule is CCCOc1cn2ncnc(Oc3ccc4[nH]c(C)cc4c3F)c2c1C.O=S(=O)(O)O. The first-order chi connectivity index (χ1) is 14.6. The van der Waals surface area contributed by atoms with E-state index < -0.39 is 16.2 Å². The lowest BCUT2D eigenvalue weighted by molar-refractivity contribution is 0.315. The smallest absolute Gasteiger partial charge is 0.394 e. The van der Waals surface area contributed by atoms with Crippen molar-refractivity contribution in [1.82, 2.24) is 19.6 Å². The van der Waals surface area contributed by atoms with Gasteiger partial charge in [0.05, 0.1) is 12.8 Å². The highest BCUT2D eigenvalue weighted by Crippen LogP contribution is 2.34. The summed E-state index contributed by atoms with van der Waals surface area (Å²) in [4.78, 5) is 7.31. The highest BCUT2D eigenvalue weighted by atomic mass is 32.3. The molecule has 3 heterocycles. The molecule has 0 unspecified atom stereocenters. The van der Waals surface area contributed by atoms with Crippen LogP contribution in [-0.2, 0) is 10.4 Å². The summed E-state index contributed by atoms with van der Waals surface area (Å²) in [7, 11) is -4.67. The molecule has 0 aliphatic heterocycles. The van der Waals surface area contributed by atoms with Crippen molar-refractivity contribution in [1.29, 1.82) is 0 Å². The Morgan fingerprint density at radius 1 is 1.23 bits per heavy atom. The molecule has 0 saturated heterocycles. The number of benzene rings is 1. The third-order valence-electron chi connectivity index (χ3n) is 4.25. The van der Waals surface area contributed by atoms with Crippen LogP contribution in [0.5, 0.6) is 17.4 Å². The van der Waals surface area contributed by atoms with Gasteiger partial charge in [-0.1, -0.05) is 6.92 Å². The maximum Gasteiger partial charge on any atom is 0.394 e. The van der Waals surface area contributed by atoms with Crippen LogP contribution in [0.3, 0.4) is 0 Å². The molecule has 12 heteroatoms. The van der Waals surface area contributed by atoms with Crippen molar-refractivity contribution in [2.45, 2.75) is 27.2 Å². The van der Waals surface area contributed by atoms with Gasteiger partial charge in [-0.25, -0.2) is 8.91 Å². The fourth-order valence-electron chi connectivity index (χ4n) is 3.01. The second-order valence-electron chi connectivity index (χ2n) is 6.67. The Bertz CT molecular complexity index is 1320. The van der Waals surface area contributed by atoms with Gasteiger partial charge < -0.3 is 14.5 Å². The minimum atomic E-state index is -4.67. The average Bonchev–Trinajstić information content (AvgIpc) is 3.21. The van der Waals surface area contributed by atoms with Crippen LogP contribution in [0.1, 0.15) is 24.6 Å². The van der Waals surface area contributed by atoms with Crippen molar-refractivity contribution in [2.24, 2.45) is 0 Å². The first kappa shape index (κ1) is 22.5. The first-order valence-corrected chi connectivity index (χ1v) is 10.6. The predicted octanol–water partition coefficient (Wildman–Crippen LogP) is 3.89. The maximum atomic E-state index is 14.8. The Kier molecular flexibility index (Phi) is 6.43.